The van der Waals surface area contributed by atoms with Crippen LogP contribution in [0, 0.1) is 6.92 Å². The fourth-order valence-electron chi connectivity index (χ4n) is 2.25. The number of nitrogens with zero attached hydrogens (tertiary/aromatic N) is 2. The Labute approximate surface area is 118 Å². The van der Waals surface area contributed by atoms with Crippen LogP contribution in [0.15, 0.2) is 12.3 Å². The van der Waals surface area contributed by atoms with E-state index in [9.17, 15) is 9.59 Å². The highest BCUT2D eigenvalue weighted by Gasteiger charge is 2.24. The molecule has 0 radical (unpaired) electrons. The molecular weight excluding hydrogens is 258 g/mol. The maximum Gasteiger partial charge on any atom is 0.416 e. The number of hydrogen-bond acceptors (Lipinski definition) is 5. The van der Waals surface area contributed by atoms with Crippen molar-refractivity contribution in [2.75, 3.05) is 20.1 Å². The first-order chi connectivity index (χ1) is 9.61. The zero-order valence-electron chi connectivity index (χ0n) is 11.8. The number of rotatable bonds is 3. The first-order valence-electron chi connectivity index (χ1n) is 6.69. The topological polar surface area (TPSA) is 71.5 Å². The van der Waals surface area contributed by atoms with E-state index < -0.39 is 6.09 Å². The van der Waals surface area contributed by atoms with Crippen LogP contribution in [0.4, 0.5) is 4.79 Å². The van der Waals surface area contributed by atoms with Crippen LogP contribution in [0.5, 0.6) is 5.88 Å². The van der Waals surface area contributed by atoms with Gasteiger partial charge in [-0.05, 0) is 38.9 Å². The second-order valence-corrected chi connectivity index (χ2v) is 4.97. The van der Waals surface area contributed by atoms with Crippen LogP contribution in [0.3, 0.4) is 0 Å². The lowest BCUT2D eigenvalue weighted by Gasteiger charge is -2.30. The number of hydrogen-bond donors (Lipinski definition) is 1. The number of carbonyl (C=O) groups is 2. The van der Waals surface area contributed by atoms with E-state index in [1.165, 1.54) is 6.20 Å². The average molecular weight is 277 g/mol. The van der Waals surface area contributed by atoms with Gasteiger partial charge in [-0.3, -0.25) is 4.79 Å². The summed E-state index contributed by atoms with van der Waals surface area (Å²) in [6.45, 7) is 3.58. The molecule has 2 rings (SSSR count). The molecule has 6 heteroatoms. The van der Waals surface area contributed by atoms with Gasteiger partial charge >= 0.3 is 6.09 Å². The van der Waals surface area contributed by atoms with Gasteiger partial charge in [0.1, 0.15) is 0 Å². The minimum Gasteiger partial charge on any atom is -0.391 e. The minimum absolute atomic E-state index is 0.193. The van der Waals surface area contributed by atoms with Crippen molar-refractivity contribution in [2.45, 2.75) is 25.8 Å². The Morgan fingerprint density at radius 2 is 2.20 bits per heavy atom. The lowest BCUT2D eigenvalue weighted by Crippen LogP contribution is -2.45. The molecule has 1 fully saturated rings. The van der Waals surface area contributed by atoms with E-state index in [1.54, 1.807) is 24.9 Å². The Morgan fingerprint density at radius 1 is 1.50 bits per heavy atom. The summed E-state index contributed by atoms with van der Waals surface area (Å²) in [5, 5.41) is 3.26. The van der Waals surface area contributed by atoms with Crippen LogP contribution in [-0.2, 0) is 0 Å². The lowest BCUT2D eigenvalue weighted by molar-refractivity contribution is 0.112. The second-order valence-electron chi connectivity index (χ2n) is 4.97. The largest absolute Gasteiger partial charge is 0.416 e. The third kappa shape index (κ3) is 3.33. The maximum atomic E-state index is 12.1. The third-order valence-electron chi connectivity index (χ3n) is 3.52. The Kier molecular flexibility index (Phi) is 4.68. The third-order valence-corrected chi connectivity index (χ3v) is 3.52. The van der Waals surface area contributed by atoms with Crippen LogP contribution in [0.1, 0.15) is 28.8 Å². The molecule has 1 amide bonds. The van der Waals surface area contributed by atoms with Crippen molar-refractivity contribution in [3.63, 3.8) is 0 Å². The molecule has 6 nitrogen and oxygen atoms in total. The van der Waals surface area contributed by atoms with Gasteiger partial charge in [-0.15, -0.1) is 0 Å². The summed E-state index contributed by atoms with van der Waals surface area (Å²) >= 11 is 0. The summed E-state index contributed by atoms with van der Waals surface area (Å²) in [7, 11) is 1.74. The predicted molar refractivity (Wildman–Crippen MR) is 74.0 cm³/mol. The summed E-state index contributed by atoms with van der Waals surface area (Å²) in [6.07, 6.45) is 3.54. The van der Waals surface area contributed by atoms with E-state index in [1.807, 2.05) is 0 Å². The van der Waals surface area contributed by atoms with Gasteiger partial charge in [0, 0.05) is 30.4 Å². The van der Waals surface area contributed by atoms with Gasteiger partial charge in [-0.25, -0.2) is 9.78 Å². The molecule has 0 saturated carbocycles. The Balaban J connectivity index is 2.01. The highest BCUT2D eigenvalue weighted by atomic mass is 16.6. The van der Waals surface area contributed by atoms with Crippen LogP contribution < -0.4 is 10.1 Å². The van der Waals surface area contributed by atoms with Crippen molar-refractivity contribution in [3.8, 4) is 5.88 Å². The molecular formula is C14H19N3O3. The summed E-state index contributed by atoms with van der Waals surface area (Å²) in [5.74, 6) is 0.251. The molecule has 1 aromatic rings. The van der Waals surface area contributed by atoms with Crippen molar-refractivity contribution in [3.05, 3.63) is 23.4 Å². The maximum absolute atomic E-state index is 12.1. The zero-order valence-corrected chi connectivity index (χ0v) is 11.8. The molecule has 2 heterocycles. The summed E-state index contributed by atoms with van der Waals surface area (Å²) < 4.78 is 5.30. The lowest BCUT2D eigenvalue weighted by atomic mass is 10.1. The van der Waals surface area contributed by atoms with Gasteiger partial charge in [0.2, 0.25) is 5.88 Å². The molecule has 0 atom stereocenters. The van der Waals surface area contributed by atoms with Crippen LogP contribution >= 0.6 is 0 Å². The Bertz CT molecular complexity index is 498. The van der Waals surface area contributed by atoms with E-state index in [2.05, 4.69) is 10.3 Å². The van der Waals surface area contributed by atoms with Gasteiger partial charge in [-0.1, -0.05) is 0 Å². The summed E-state index contributed by atoms with van der Waals surface area (Å²) in [6, 6.07) is 1.84. The summed E-state index contributed by atoms with van der Waals surface area (Å²) in [5.41, 5.74) is 1.13. The normalized spacial score (nSPS) is 15.7. The summed E-state index contributed by atoms with van der Waals surface area (Å²) in [4.78, 5) is 28.4. The number of aldehydes is 1. The number of amides is 1. The van der Waals surface area contributed by atoms with Gasteiger partial charge in [0.05, 0.1) is 0 Å². The highest BCUT2D eigenvalue weighted by molar-refractivity contribution is 5.75. The molecule has 0 bridgehead atoms. The number of ether oxygens (including phenoxy) is 1. The molecule has 0 aromatic carbocycles. The number of nitrogens with one attached hydrogen (secondary N) is 1. The van der Waals surface area contributed by atoms with E-state index in [4.69, 9.17) is 4.74 Å². The molecule has 1 aliphatic rings. The fraction of sp³-hybridized carbons (Fsp3) is 0.500. The SMILES string of the molecule is Cc1cc(C=O)cnc1OC(=O)N(C)C1CCNCC1. The van der Waals surface area contributed by atoms with Crippen molar-refractivity contribution >= 4 is 12.4 Å². The molecule has 0 spiro atoms. The smallest absolute Gasteiger partial charge is 0.391 e. The fourth-order valence-corrected chi connectivity index (χ4v) is 2.25. The van der Waals surface area contributed by atoms with Gasteiger partial charge < -0.3 is 15.0 Å². The van der Waals surface area contributed by atoms with Crippen molar-refractivity contribution in [1.29, 1.82) is 0 Å². The molecule has 1 aliphatic heterocycles. The second kappa shape index (κ2) is 6.47. The van der Waals surface area contributed by atoms with Crippen LogP contribution in [0.2, 0.25) is 0 Å². The average Bonchev–Trinajstić information content (AvgIpc) is 2.49. The van der Waals surface area contributed by atoms with Crippen molar-refractivity contribution < 1.29 is 14.3 Å². The van der Waals surface area contributed by atoms with E-state index in [0.717, 1.165) is 25.9 Å². The van der Waals surface area contributed by atoms with Gasteiger partial charge in [0.25, 0.3) is 0 Å². The Morgan fingerprint density at radius 3 is 2.80 bits per heavy atom. The Hall–Kier alpha value is -1.95. The molecule has 20 heavy (non-hydrogen) atoms. The van der Waals surface area contributed by atoms with Gasteiger partial charge in [-0.2, -0.15) is 0 Å². The van der Waals surface area contributed by atoms with E-state index in [-0.39, 0.29) is 11.9 Å². The highest BCUT2D eigenvalue weighted by Crippen LogP contribution is 2.17. The monoisotopic (exact) mass is 277 g/mol. The zero-order chi connectivity index (χ0) is 14.5. The van der Waals surface area contributed by atoms with Crippen molar-refractivity contribution in [1.82, 2.24) is 15.2 Å². The van der Waals surface area contributed by atoms with Gasteiger partial charge in [0.15, 0.2) is 6.29 Å². The standard InChI is InChI=1S/C14H19N3O3/c1-10-7-11(9-18)8-16-13(10)20-14(19)17(2)12-3-5-15-6-4-12/h7-9,12,15H,3-6H2,1-2H3. The molecule has 0 aliphatic carbocycles. The molecule has 1 N–H and O–H groups in total. The number of aromatic nitrogens is 1. The molecule has 0 unspecified atom stereocenters. The van der Waals surface area contributed by atoms with E-state index in [0.29, 0.717) is 17.4 Å². The number of piperidine rings is 1. The molecule has 108 valence electrons. The molecule has 1 saturated heterocycles. The molecule has 1 aromatic heterocycles. The minimum atomic E-state index is -0.411. The number of aryl methyl sites for hydroxylation is 1. The first-order valence-corrected chi connectivity index (χ1v) is 6.69. The predicted octanol–water partition coefficient (Wildman–Crippen LogP) is 1.39. The number of pyridine rings is 1. The first kappa shape index (κ1) is 14.5. The quantitative estimate of drug-likeness (QED) is 0.845. The van der Waals surface area contributed by atoms with Crippen LogP contribution in [0.25, 0.3) is 0 Å². The number of carbonyl (C=O) groups excluding carboxylic acids is 2. The van der Waals surface area contributed by atoms with Crippen molar-refractivity contribution in [2.24, 2.45) is 0 Å². The van der Waals surface area contributed by atoms with E-state index >= 15 is 0 Å². The van der Waals surface area contributed by atoms with Crippen LogP contribution in [-0.4, -0.2) is 48.4 Å².